The number of aromatic nitrogens is 2. The molecule has 2 aromatic rings. The summed E-state index contributed by atoms with van der Waals surface area (Å²) in [4.78, 5) is 17.7. The number of rotatable bonds is 7. The number of hydrogen-bond donors (Lipinski definition) is 0. The Kier molecular flexibility index (Phi) is 5.39. The summed E-state index contributed by atoms with van der Waals surface area (Å²) >= 11 is 3.05. The maximum Gasteiger partial charge on any atom is 0.263 e. The summed E-state index contributed by atoms with van der Waals surface area (Å²) in [7, 11) is 0. The van der Waals surface area contributed by atoms with E-state index >= 15 is 0 Å². The molecule has 20 heavy (non-hydrogen) atoms. The number of hydrogen-bond acceptors (Lipinski definition) is 5. The summed E-state index contributed by atoms with van der Waals surface area (Å²) in [5, 5.41) is 11.8. The topological polar surface area (TPSA) is 58.7 Å². The summed E-state index contributed by atoms with van der Waals surface area (Å²) in [6, 6.07) is 3.95. The molecule has 0 N–H and O–H groups in total. The lowest BCUT2D eigenvalue weighted by molar-refractivity contribution is 0.672. The quantitative estimate of drug-likeness (QED) is 0.340. The Morgan fingerprint density at radius 2 is 2.40 bits per heavy atom. The second-order valence-electron chi connectivity index (χ2n) is 4.20. The van der Waals surface area contributed by atoms with E-state index in [2.05, 4.69) is 17.6 Å². The zero-order valence-electron chi connectivity index (χ0n) is 11.0. The second kappa shape index (κ2) is 7.27. The third-order valence-electron chi connectivity index (χ3n) is 2.77. The lowest BCUT2D eigenvalue weighted by atomic mass is 10.3. The van der Waals surface area contributed by atoms with Gasteiger partial charge in [-0.2, -0.15) is 5.26 Å². The summed E-state index contributed by atoms with van der Waals surface area (Å²) in [6.45, 7) is 4.17. The van der Waals surface area contributed by atoms with Crippen LogP contribution in [0.15, 0.2) is 34.1 Å². The van der Waals surface area contributed by atoms with Gasteiger partial charge in [0.05, 0.1) is 11.5 Å². The maximum atomic E-state index is 12.4. The Hall–Kier alpha value is -1.58. The highest BCUT2D eigenvalue weighted by Gasteiger charge is 2.11. The zero-order valence-corrected chi connectivity index (χ0v) is 12.7. The van der Waals surface area contributed by atoms with Crippen molar-refractivity contribution in [1.29, 1.82) is 5.26 Å². The fourth-order valence-electron chi connectivity index (χ4n) is 1.80. The fourth-order valence-corrected chi connectivity index (χ4v) is 3.61. The zero-order chi connectivity index (χ0) is 14.4. The number of unbranched alkanes of at least 4 members (excludes halogenated alkanes) is 2. The van der Waals surface area contributed by atoms with Gasteiger partial charge in [-0.05, 0) is 24.3 Å². The van der Waals surface area contributed by atoms with Crippen LogP contribution >= 0.6 is 23.1 Å². The van der Waals surface area contributed by atoms with E-state index in [4.69, 9.17) is 5.26 Å². The molecule has 2 heterocycles. The molecule has 104 valence electrons. The van der Waals surface area contributed by atoms with E-state index in [0.717, 1.165) is 28.6 Å². The Morgan fingerprint density at radius 1 is 1.55 bits per heavy atom. The molecule has 0 amide bonds. The van der Waals surface area contributed by atoms with Gasteiger partial charge in [0.15, 0.2) is 5.16 Å². The molecule has 0 radical (unpaired) electrons. The van der Waals surface area contributed by atoms with Gasteiger partial charge in [-0.3, -0.25) is 9.36 Å². The van der Waals surface area contributed by atoms with Crippen LogP contribution in [0.2, 0.25) is 0 Å². The highest BCUT2D eigenvalue weighted by molar-refractivity contribution is 7.99. The number of allylic oxidation sites excluding steroid dienone is 1. The Labute approximate surface area is 125 Å². The molecule has 0 aliphatic heterocycles. The van der Waals surface area contributed by atoms with Crippen LogP contribution in [0.4, 0.5) is 0 Å². The van der Waals surface area contributed by atoms with Crippen molar-refractivity contribution in [2.75, 3.05) is 5.75 Å². The number of thioether (sulfide) groups is 1. The predicted octanol–water partition coefficient (Wildman–Crippen LogP) is 3.43. The molecule has 0 unspecified atom stereocenters. The Bertz CT molecular complexity index is 696. The van der Waals surface area contributed by atoms with Crippen molar-refractivity contribution < 1.29 is 0 Å². The van der Waals surface area contributed by atoms with Gasteiger partial charge in [0.2, 0.25) is 0 Å². The molecule has 0 saturated carbocycles. The van der Waals surface area contributed by atoms with Crippen LogP contribution in [0.5, 0.6) is 0 Å². The first-order valence-electron chi connectivity index (χ1n) is 6.36. The van der Waals surface area contributed by atoms with Crippen molar-refractivity contribution in [3.63, 3.8) is 0 Å². The van der Waals surface area contributed by atoms with E-state index in [1.54, 1.807) is 22.4 Å². The van der Waals surface area contributed by atoms with Gasteiger partial charge < -0.3 is 0 Å². The van der Waals surface area contributed by atoms with Crippen molar-refractivity contribution >= 4 is 33.3 Å². The number of fused-ring (bicyclic) bond motifs is 1. The van der Waals surface area contributed by atoms with Gasteiger partial charge in [-0.1, -0.05) is 17.8 Å². The second-order valence-corrected chi connectivity index (χ2v) is 6.16. The number of thiophene rings is 1. The third-order valence-corrected chi connectivity index (χ3v) is 4.64. The van der Waals surface area contributed by atoms with Crippen LogP contribution in [0.25, 0.3) is 10.2 Å². The average Bonchev–Trinajstić information content (AvgIpc) is 2.91. The molecule has 0 aliphatic rings. The molecule has 0 bridgehead atoms. The normalized spacial score (nSPS) is 10.6. The minimum atomic E-state index is -0.00400. The van der Waals surface area contributed by atoms with E-state index in [0.29, 0.717) is 18.4 Å². The van der Waals surface area contributed by atoms with Crippen molar-refractivity contribution in [2.45, 2.75) is 31.0 Å². The first-order chi connectivity index (χ1) is 9.77. The molecule has 0 atom stereocenters. The van der Waals surface area contributed by atoms with E-state index in [1.165, 1.54) is 11.3 Å². The minimum absolute atomic E-state index is 0.00400. The molecule has 2 rings (SSSR count). The van der Waals surface area contributed by atoms with Crippen LogP contribution in [0, 0.1) is 11.3 Å². The molecule has 4 nitrogen and oxygen atoms in total. The number of nitrogens with zero attached hydrogens (tertiary/aromatic N) is 3. The maximum absolute atomic E-state index is 12.4. The largest absolute Gasteiger partial charge is 0.283 e. The summed E-state index contributed by atoms with van der Waals surface area (Å²) in [5.41, 5.74) is -0.00400. The monoisotopic (exact) mass is 305 g/mol. The molecular formula is C14H15N3OS2. The molecular weight excluding hydrogens is 290 g/mol. The highest BCUT2D eigenvalue weighted by atomic mass is 32.2. The number of nitriles is 1. The van der Waals surface area contributed by atoms with E-state index in [9.17, 15) is 4.79 Å². The lowest BCUT2D eigenvalue weighted by Crippen LogP contribution is -2.22. The lowest BCUT2D eigenvalue weighted by Gasteiger charge is -2.09. The summed E-state index contributed by atoms with van der Waals surface area (Å²) < 4.78 is 1.66. The van der Waals surface area contributed by atoms with Crippen molar-refractivity contribution in [1.82, 2.24) is 9.55 Å². The fraction of sp³-hybridized carbons (Fsp3) is 0.357. The van der Waals surface area contributed by atoms with Crippen LogP contribution in [-0.4, -0.2) is 15.3 Å². The molecule has 0 saturated heterocycles. The SMILES string of the molecule is C=CCn1c(SCCCCC#N)nc2sccc2c1=O. The van der Waals surface area contributed by atoms with E-state index in [-0.39, 0.29) is 5.56 Å². The van der Waals surface area contributed by atoms with Crippen LogP contribution in [0.3, 0.4) is 0 Å². The molecule has 0 aromatic carbocycles. The van der Waals surface area contributed by atoms with Gasteiger partial charge >= 0.3 is 0 Å². The molecule has 2 aromatic heterocycles. The van der Waals surface area contributed by atoms with Gasteiger partial charge in [-0.15, -0.1) is 17.9 Å². The van der Waals surface area contributed by atoms with Crippen LogP contribution in [-0.2, 0) is 6.54 Å². The standard InChI is InChI=1S/C14H15N3OS2/c1-2-8-17-13(18)11-6-10-19-12(11)16-14(17)20-9-5-3-4-7-15/h2,6,10H,1,3-5,8-9H2. The Balaban J connectivity index is 2.21. The van der Waals surface area contributed by atoms with Crippen LogP contribution in [0.1, 0.15) is 19.3 Å². The van der Waals surface area contributed by atoms with E-state index in [1.807, 2.05) is 11.4 Å². The van der Waals surface area contributed by atoms with Gasteiger partial charge in [0, 0.05) is 18.7 Å². The Morgan fingerprint density at radius 3 is 3.15 bits per heavy atom. The highest BCUT2D eigenvalue weighted by Crippen LogP contribution is 2.22. The summed E-state index contributed by atoms with van der Waals surface area (Å²) in [5.74, 6) is 0.863. The van der Waals surface area contributed by atoms with Crippen molar-refractivity contribution in [3.05, 3.63) is 34.5 Å². The first-order valence-corrected chi connectivity index (χ1v) is 8.23. The molecule has 0 aliphatic carbocycles. The van der Waals surface area contributed by atoms with Gasteiger partial charge in [0.25, 0.3) is 5.56 Å². The average molecular weight is 305 g/mol. The van der Waals surface area contributed by atoms with E-state index < -0.39 is 0 Å². The smallest absolute Gasteiger partial charge is 0.263 e. The summed E-state index contributed by atoms with van der Waals surface area (Å²) in [6.07, 6.45) is 4.12. The van der Waals surface area contributed by atoms with Crippen LogP contribution < -0.4 is 5.56 Å². The van der Waals surface area contributed by atoms with Crippen molar-refractivity contribution in [3.8, 4) is 6.07 Å². The molecule has 6 heteroatoms. The molecule has 0 fully saturated rings. The van der Waals surface area contributed by atoms with Crippen molar-refractivity contribution in [2.24, 2.45) is 0 Å². The first kappa shape index (κ1) is 14.8. The molecule has 0 spiro atoms. The third kappa shape index (κ3) is 3.30. The van der Waals surface area contributed by atoms with Gasteiger partial charge in [-0.25, -0.2) is 4.98 Å². The minimum Gasteiger partial charge on any atom is -0.283 e. The van der Waals surface area contributed by atoms with Gasteiger partial charge in [0.1, 0.15) is 4.83 Å². The predicted molar refractivity (Wildman–Crippen MR) is 84.3 cm³/mol.